The number of carbonyl (C=O) groups is 1. The Kier molecular flexibility index (Phi) is 7.36. The van der Waals surface area contributed by atoms with E-state index in [0.29, 0.717) is 32.5 Å². The molecule has 7 heteroatoms. The highest BCUT2D eigenvalue weighted by atomic mass is 32.1. The SMILES string of the molecule is COc1ccc(OCCc2sc(C3(O)CCCN(C(=O)C(C)C)CC3)nc2C)cc1. The van der Waals surface area contributed by atoms with Crippen molar-refractivity contribution in [1.29, 1.82) is 0 Å². The number of thiazole rings is 1. The quantitative estimate of drug-likeness (QED) is 0.718. The molecule has 6 nitrogen and oxygen atoms in total. The molecule has 1 aromatic heterocycles. The summed E-state index contributed by atoms with van der Waals surface area (Å²) in [4.78, 5) is 20.0. The van der Waals surface area contributed by atoms with Gasteiger partial charge in [0.2, 0.25) is 5.91 Å². The number of carbonyl (C=O) groups excluding carboxylic acids is 1. The van der Waals surface area contributed by atoms with Crippen molar-refractivity contribution in [3.8, 4) is 11.5 Å². The van der Waals surface area contributed by atoms with Gasteiger partial charge in [-0.2, -0.15) is 0 Å². The van der Waals surface area contributed by atoms with Gasteiger partial charge in [0, 0.05) is 36.7 Å². The van der Waals surface area contributed by atoms with Gasteiger partial charge >= 0.3 is 0 Å². The van der Waals surface area contributed by atoms with Gasteiger partial charge in [0.25, 0.3) is 0 Å². The monoisotopic (exact) mass is 432 g/mol. The molecule has 3 rings (SSSR count). The van der Waals surface area contributed by atoms with Crippen LogP contribution in [0.4, 0.5) is 0 Å². The van der Waals surface area contributed by atoms with Crippen molar-refractivity contribution in [3.05, 3.63) is 39.8 Å². The number of aryl methyl sites for hydroxylation is 1. The minimum Gasteiger partial charge on any atom is -0.497 e. The highest BCUT2D eigenvalue weighted by molar-refractivity contribution is 7.11. The van der Waals surface area contributed by atoms with Crippen molar-refractivity contribution < 1.29 is 19.4 Å². The van der Waals surface area contributed by atoms with Crippen LogP contribution in [0, 0.1) is 12.8 Å². The second-order valence-electron chi connectivity index (χ2n) is 8.17. The third-order valence-electron chi connectivity index (χ3n) is 5.57. The zero-order valence-electron chi connectivity index (χ0n) is 18.3. The Morgan fingerprint density at radius 3 is 2.60 bits per heavy atom. The van der Waals surface area contributed by atoms with Crippen molar-refractivity contribution in [1.82, 2.24) is 9.88 Å². The van der Waals surface area contributed by atoms with Gasteiger partial charge in [-0.05, 0) is 44.0 Å². The lowest BCUT2D eigenvalue weighted by Crippen LogP contribution is -2.36. The van der Waals surface area contributed by atoms with Crippen LogP contribution >= 0.6 is 11.3 Å². The molecule has 1 atom stereocenters. The maximum Gasteiger partial charge on any atom is 0.225 e. The fourth-order valence-corrected chi connectivity index (χ4v) is 4.90. The van der Waals surface area contributed by atoms with E-state index in [1.54, 1.807) is 18.4 Å². The van der Waals surface area contributed by atoms with Crippen LogP contribution in [0.5, 0.6) is 11.5 Å². The summed E-state index contributed by atoms with van der Waals surface area (Å²) in [5, 5.41) is 12.1. The van der Waals surface area contributed by atoms with Crippen LogP contribution < -0.4 is 9.47 Å². The van der Waals surface area contributed by atoms with Crippen LogP contribution in [0.2, 0.25) is 0 Å². The summed E-state index contributed by atoms with van der Waals surface area (Å²) < 4.78 is 11.0. The fraction of sp³-hybridized carbons (Fsp3) is 0.565. The summed E-state index contributed by atoms with van der Waals surface area (Å²) in [7, 11) is 1.64. The summed E-state index contributed by atoms with van der Waals surface area (Å²) in [6.45, 7) is 7.64. The number of hydrogen-bond acceptors (Lipinski definition) is 6. The molecule has 1 aliphatic rings. The van der Waals surface area contributed by atoms with Gasteiger partial charge in [-0.3, -0.25) is 4.79 Å². The molecule has 1 N–H and O–H groups in total. The van der Waals surface area contributed by atoms with E-state index >= 15 is 0 Å². The molecule has 164 valence electrons. The van der Waals surface area contributed by atoms with Crippen molar-refractivity contribution in [2.75, 3.05) is 26.8 Å². The number of benzene rings is 1. The normalized spacial score (nSPS) is 19.6. The van der Waals surface area contributed by atoms with E-state index in [1.807, 2.05) is 49.9 Å². The van der Waals surface area contributed by atoms with Gasteiger partial charge in [0.05, 0.1) is 19.4 Å². The van der Waals surface area contributed by atoms with Crippen molar-refractivity contribution in [2.24, 2.45) is 5.92 Å². The van der Waals surface area contributed by atoms with Crippen LogP contribution in [0.25, 0.3) is 0 Å². The van der Waals surface area contributed by atoms with Crippen molar-refractivity contribution in [2.45, 2.75) is 52.1 Å². The molecule has 1 aliphatic heterocycles. The molecule has 0 aliphatic carbocycles. The second kappa shape index (κ2) is 9.79. The van der Waals surface area contributed by atoms with E-state index < -0.39 is 5.60 Å². The summed E-state index contributed by atoms with van der Waals surface area (Å²) in [6.07, 6.45) is 2.68. The zero-order chi connectivity index (χ0) is 21.7. The van der Waals surface area contributed by atoms with Crippen LogP contribution in [0.3, 0.4) is 0 Å². The largest absolute Gasteiger partial charge is 0.497 e. The molecular formula is C23H32N2O4S. The summed E-state index contributed by atoms with van der Waals surface area (Å²) in [5.41, 5.74) is -0.0163. The topological polar surface area (TPSA) is 71.9 Å². The van der Waals surface area contributed by atoms with Crippen molar-refractivity contribution >= 4 is 17.2 Å². The number of amides is 1. The fourth-order valence-electron chi connectivity index (χ4n) is 3.71. The maximum absolute atomic E-state index is 12.3. The number of likely N-dealkylation sites (tertiary alicyclic amines) is 1. The van der Waals surface area contributed by atoms with E-state index in [-0.39, 0.29) is 11.8 Å². The highest BCUT2D eigenvalue weighted by Gasteiger charge is 2.36. The highest BCUT2D eigenvalue weighted by Crippen LogP contribution is 2.37. The number of rotatable bonds is 7. The second-order valence-corrected chi connectivity index (χ2v) is 9.25. The third kappa shape index (κ3) is 5.32. The first-order chi connectivity index (χ1) is 14.3. The molecule has 0 spiro atoms. The number of methoxy groups -OCH3 is 1. The van der Waals surface area contributed by atoms with Crippen LogP contribution in [-0.2, 0) is 16.8 Å². The van der Waals surface area contributed by atoms with Gasteiger partial charge < -0.3 is 19.5 Å². The molecule has 1 fully saturated rings. The Morgan fingerprint density at radius 2 is 1.93 bits per heavy atom. The molecule has 0 radical (unpaired) electrons. The number of nitrogens with zero attached hydrogens (tertiary/aromatic N) is 2. The number of aliphatic hydroxyl groups is 1. The first-order valence-electron chi connectivity index (χ1n) is 10.6. The third-order valence-corrected chi connectivity index (χ3v) is 6.98. The average Bonchev–Trinajstić information content (AvgIpc) is 2.99. The lowest BCUT2D eigenvalue weighted by molar-refractivity contribution is -0.134. The number of ether oxygens (including phenoxy) is 2. The number of aromatic nitrogens is 1. The predicted molar refractivity (Wildman–Crippen MR) is 118 cm³/mol. The Labute approximate surface area is 182 Å². The molecule has 1 saturated heterocycles. The van der Waals surface area contributed by atoms with Crippen molar-refractivity contribution in [3.63, 3.8) is 0 Å². The Bertz CT molecular complexity index is 849. The van der Waals surface area contributed by atoms with Gasteiger partial charge in [-0.25, -0.2) is 4.98 Å². The molecule has 0 saturated carbocycles. The minimum atomic E-state index is -0.962. The average molecular weight is 433 g/mol. The lowest BCUT2D eigenvalue weighted by atomic mass is 9.96. The first kappa shape index (κ1) is 22.6. The Morgan fingerprint density at radius 1 is 1.23 bits per heavy atom. The molecule has 0 bridgehead atoms. The first-order valence-corrected chi connectivity index (χ1v) is 11.4. The lowest BCUT2D eigenvalue weighted by Gasteiger charge is -2.25. The van der Waals surface area contributed by atoms with E-state index in [1.165, 1.54) is 0 Å². The summed E-state index contributed by atoms with van der Waals surface area (Å²) >= 11 is 1.57. The Hall–Kier alpha value is -2.12. The zero-order valence-corrected chi connectivity index (χ0v) is 19.1. The van der Waals surface area contributed by atoms with Gasteiger partial charge in [0.15, 0.2) is 0 Å². The summed E-state index contributed by atoms with van der Waals surface area (Å²) in [5.74, 6) is 1.74. The molecule has 2 heterocycles. The molecule has 1 aromatic carbocycles. The van der Waals surface area contributed by atoms with Crippen LogP contribution in [0.15, 0.2) is 24.3 Å². The van der Waals surface area contributed by atoms with E-state index in [2.05, 4.69) is 0 Å². The smallest absolute Gasteiger partial charge is 0.225 e. The molecule has 2 aromatic rings. The van der Waals surface area contributed by atoms with Crippen LogP contribution in [-0.4, -0.2) is 47.7 Å². The van der Waals surface area contributed by atoms with Crippen LogP contribution in [0.1, 0.15) is 48.7 Å². The van der Waals surface area contributed by atoms with E-state index in [4.69, 9.17) is 14.5 Å². The summed E-state index contributed by atoms with van der Waals surface area (Å²) in [6, 6.07) is 7.53. The molecule has 1 amide bonds. The van der Waals surface area contributed by atoms with Gasteiger partial charge in [-0.15, -0.1) is 11.3 Å². The molecule has 30 heavy (non-hydrogen) atoms. The number of hydrogen-bond donors (Lipinski definition) is 1. The van der Waals surface area contributed by atoms with E-state index in [0.717, 1.165) is 39.9 Å². The van der Waals surface area contributed by atoms with Gasteiger partial charge in [-0.1, -0.05) is 13.8 Å². The minimum absolute atomic E-state index is 0.0180. The standard InChI is InChI=1S/C23H32N2O4S/c1-16(2)21(26)25-13-5-11-23(27,12-14-25)22-24-17(3)20(30-22)10-15-29-19-8-6-18(28-4)7-9-19/h6-9,16,27H,5,10-15H2,1-4H3. The molecule has 1 unspecified atom stereocenters. The predicted octanol–water partition coefficient (Wildman–Crippen LogP) is 3.94. The van der Waals surface area contributed by atoms with E-state index in [9.17, 15) is 9.90 Å². The Balaban J connectivity index is 1.60. The van der Waals surface area contributed by atoms with Gasteiger partial charge in [0.1, 0.15) is 22.1 Å². The molecular weight excluding hydrogens is 400 g/mol. The maximum atomic E-state index is 12.3.